The number of methoxy groups -OCH3 is 2. The number of phenols is 1. The molecular weight excluding hydrogens is 310 g/mol. The van der Waals surface area contributed by atoms with Crippen molar-refractivity contribution in [3.05, 3.63) is 35.9 Å². The van der Waals surface area contributed by atoms with E-state index in [1.807, 2.05) is 24.3 Å². The largest absolute Gasteiger partial charge is 0.507 e. The molecule has 3 rings (SSSR count). The molecule has 6 heteroatoms. The number of hydrogen-bond donors (Lipinski definition) is 3. The minimum atomic E-state index is -0.546. The predicted octanol–water partition coefficient (Wildman–Crippen LogP) is 0.245. The van der Waals surface area contributed by atoms with Crippen LogP contribution in [0.3, 0.4) is 0 Å². The zero-order valence-corrected chi connectivity index (χ0v) is 13.8. The van der Waals surface area contributed by atoms with Crippen LogP contribution in [0.4, 0.5) is 0 Å². The molecule has 0 aliphatic carbocycles. The van der Waals surface area contributed by atoms with Crippen molar-refractivity contribution in [1.29, 1.82) is 0 Å². The Kier molecular flexibility index (Phi) is 4.59. The first-order chi connectivity index (χ1) is 11.5. The smallest absolute Gasteiger partial charge is 0.364 e. The van der Waals surface area contributed by atoms with Crippen molar-refractivity contribution < 1.29 is 29.4 Å². The lowest BCUT2D eigenvalue weighted by Crippen LogP contribution is -3.13. The average molecular weight is 332 g/mol. The summed E-state index contributed by atoms with van der Waals surface area (Å²) in [5.41, 5.74) is 0.740. The van der Waals surface area contributed by atoms with Gasteiger partial charge in [0, 0.05) is 6.42 Å². The van der Waals surface area contributed by atoms with Gasteiger partial charge in [0.1, 0.15) is 30.7 Å². The van der Waals surface area contributed by atoms with E-state index in [2.05, 4.69) is 0 Å². The number of aromatic hydroxyl groups is 1. The number of aliphatic hydroxyl groups excluding tert-OH is 1. The van der Waals surface area contributed by atoms with Crippen LogP contribution in [-0.4, -0.2) is 49.1 Å². The summed E-state index contributed by atoms with van der Waals surface area (Å²) in [5, 5.41) is 22.2. The van der Waals surface area contributed by atoms with E-state index in [4.69, 9.17) is 9.47 Å². The number of esters is 1. The van der Waals surface area contributed by atoms with Crippen LogP contribution in [-0.2, 0) is 16.1 Å². The maximum absolute atomic E-state index is 12.0. The van der Waals surface area contributed by atoms with Crippen LogP contribution >= 0.6 is 0 Å². The zero-order valence-electron chi connectivity index (χ0n) is 13.8. The lowest BCUT2D eigenvalue weighted by Gasteiger charge is -2.20. The number of nitrogens with one attached hydrogen (secondary N) is 1. The van der Waals surface area contributed by atoms with Gasteiger partial charge in [-0.1, -0.05) is 12.1 Å². The number of quaternary nitrogens is 1. The molecule has 6 nitrogen and oxygen atoms in total. The zero-order chi connectivity index (χ0) is 17.3. The molecule has 1 unspecified atom stereocenters. The SMILES string of the molecule is COC(=O)[C@@H]1C[C@H](O)C[NH+]1Cc1c(O)ccc2ccc(OC)cc12. The molecule has 0 saturated carbocycles. The van der Waals surface area contributed by atoms with E-state index in [0.717, 1.165) is 21.2 Å². The fourth-order valence-corrected chi connectivity index (χ4v) is 3.46. The standard InChI is InChI=1S/C18H21NO5/c1-23-13-5-3-11-4-6-17(21)15(14(11)8-13)10-19-9-12(20)7-16(19)18(22)24-2/h3-6,8,12,16,20-21H,7,9-10H2,1-2H3/p+1/t12-,16-/m0/s1. The number of carbonyl (C=O) groups is 1. The number of hydrogen-bond acceptors (Lipinski definition) is 5. The fraction of sp³-hybridized carbons (Fsp3) is 0.389. The normalized spacial score (nSPS) is 23.4. The number of carbonyl (C=O) groups excluding carboxylic acids is 1. The fourth-order valence-electron chi connectivity index (χ4n) is 3.46. The Bertz CT molecular complexity index is 760. The first-order valence-electron chi connectivity index (χ1n) is 7.92. The number of benzene rings is 2. The second-order valence-corrected chi connectivity index (χ2v) is 6.15. The molecule has 0 bridgehead atoms. The lowest BCUT2D eigenvalue weighted by atomic mass is 10.0. The van der Waals surface area contributed by atoms with Crippen LogP contribution in [0.5, 0.6) is 11.5 Å². The molecule has 2 aromatic rings. The summed E-state index contributed by atoms with van der Waals surface area (Å²) in [5.74, 6) is 0.544. The average Bonchev–Trinajstić information content (AvgIpc) is 2.96. The number of aliphatic hydroxyl groups is 1. The quantitative estimate of drug-likeness (QED) is 0.699. The van der Waals surface area contributed by atoms with E-state index in [1.54, 1.807) is 13.2 Å². The third kappa shape index (κ3) is 3.02. The second kappa shape index (κ2) is 6.67. The maximum Gasteiger partial charge on any atom is 0.364 e. The summed E-state index contributed by atoms with van der Waals surface area (Å²) in [6, 6.07) is 8.76. The summed E-state index contributed by atoms with van der Waals surface area (Å²) in [4.78, 5) is 12.9. The number of rotatable bonds is 4. The van der Waals surface area contributed by atoms with Gasteiger partial charge in [0.15, 0.2) is 6.04 Å². The van der Waals surface area contributed by atoms with Gasteiger partial charge in [-0.15, -0.1) is 0 Å². The molecule has 128 valence electrons. The van der Waals surface area contributed by atoms with Gasteiger partial charge in [0.2, 0.25) is 0 Å². The first kappa shape index (κ1) is 16.5. The Balaban J connectivity index is 1.99. The van der Waals surface area contributed by atoms with Crippen molar-refractivity contribution in [3.8, 4) is 11.5 Å². The molecule has 3 atom stereocenters. The highest BCUT2D eigenvalue weighted by molar-refractivity contribution is 5.88. The van der Waals surface area contributed by atoms with Crippen LogP contribution in [0.25, 0.3) is 10.8 Å². The van der Waals surface area contributed by atoms with Crippen molar-refractivity contribution >= 4 is 16.7 Å². The van der Waals surface area contributed by atoms with E-state index < -0.39 is 12.1 Å². The number of phenolic OH excluding ortho intramolecular Hbond substituents is 1. The van der Waals surface area contributed by atoms with Crippen LogP contribution in [0.2, 0.25) is 0 Å². The van der Waals surface area contributed by atoms with Crippen molar-refractivity contribution in [2.75, 3.05) is 20.8 Å². The number of ether oxygens (including phenoxy) is 2. The molecule has 24 heavy (non-hydrogen) atoms. The van der Waals surface area contributed by atoms with Gasteiger partial charge in [0.05, 0.1) is 19.8 Å². The molecule has 0 spiro atoms. The molecule has 0 radical (unpaired) electrons. The molecule has 2 aromatic carbocycles. The third-order valence-electron chi connectivity index (χ3n) is 4.70. The highest BCUT2D eigenvalue weighted by Crippen LogP contribution is 2.29. The van der Waals surface area contributed by atoms with Crippen LogP contribution in [0, 0.1) is 0 Å². The summed E-state index contributed by atoms with van der Waals surface area (Å²) < 4.78 is 10.1. The predicted molar refractivity (Wildman–Crippen MR) is 88.1 cm³/mol. The Morgan fingerprint density at radius 1 is 1.29 bits per heavy atom. The molecule has 1 aliphatic heterocycles. The maximum atomic E-state index is 12.0. The monoisotopic (exact) mass is 332 g/mol. The van der Waals surface area contributed by atoms with Gasteiger partial charge >= 0.3 is 5.97 Å². The van der Waals surface area contributed by atoms with Crippen LogP contribution < -0.4 is 9.64 Å². The molecule has 1 fully saturated rings. The van der Waals surface area contributed by atoms with Crippen molar-refractivity contribution in [1.82, 2.24) is 0 Å². The molecule has 0 amide bonds. The molecule has 1 heterocycles. The second-order valence-electron chi connectivity index (χ2n) is 6.15. The van der Waals surface area contributed by atoms with E-state index in [9.17, 15) is 15.0 Å². The van der Waals surface area contributed by atoms with Gasteiger partial charge in [-0.2, -0.15) is 0 Å². The topological polar surface area (TPSA) is 80.4 Å². The van der Waals surface area contributed by atoms with Crippen molar-refractivity contribution in [3.63, 3.8) is 0 Å². The van der Waals surface area contributed by atoms with Gasteiger partial charge in [-0.25, -0.2) is 4.79 Å². The van der Waals surface area contributed by atoms with E-state index in [1.165, 1.54) is 7.11 Å². The minimum Gasteiger partial charge on any atom is -0.507 e. The highest BCUT2D eigenvalue weighted by Gasteiger charge is 2.41. The van der Waals surface area contributed by atoms with Crippen LogP contribution in [0.15, 0.2) is 30.3 Å². The van der Waals surface area contributed by atoms with Gasteiger partial charge in [-0.3, -0.25) is 0 Å². The van der Waals surface area contributed by atoms with E-state index >= 15 is 0 Å². The Morgan fingerprint density at radius 2 is 2.04 bits per heavy atom. The molecule has 1 aliphatic rings. The first-order valence-corrected chi connectivity index (χ1v) is 7.92. The lowest BCUT2D eigenvalue weighted by molar-refractivity contribution is -0.918. The molecule has 0 aromatic heterocycles. The number of likely N-dealkylation sites (tertiary alicyclic amines) is 1. The third-order valence-corrected chi connectivity index (χ3v) is 4.70. The van der Waals surface area contributed by atoms with E-state index in [0.29, 0.717) is 25.3 Å². The Hall–Kier alpha value is -2.31. The van der Waals surface area contributed by atoms with Gasteiger partial charge in [-0.05, 0) is 29.0 Å². The summed E-state index contributed by atoms with van der Waals surface area (Å²) in [6.07, 6.45) is -0.174. The van der Waals surface area contributed by atoms with Gasteiger partial charge < -0.3 is 24.6 Å². The van der Waals surface area contributed by atoms with Crippen LogP contribution in [0.1, 0.15) is 12.0 Å². The summed E-state index contributed by atoms with van der Waals surface area (Å²) in [6.45, 7) is 0.868. The van der Waals surface area contributed by atoms with Crippen molar-refractivity contribution in [2.24, 2.45) is 0 Å². The summed E-state index contributed by atoms with van der Waals surface area (Å²) in [7, 11) is 2.95. The summed E-state index contributed by atoms with van der Waals surface area (Å²) >= 11 is 0. The number of fused-ring (bicyclic) bond motifs is 1. The van der Waals surface area contributed by atoms with Crippen molar-refractivity contribution in [2.45, 2.75) is 25.1 Å². The molecule has 3 N–H and O–H groups in total. The van der Waals surface area contributed by atoms with Gasteiger partial charge in [0.25, 0.3) is 0 Å². The highest BCUT2D eigenvalue weighted by atomic mass is 16.5. The Morgan fingerprint density at radius 3 is 2.75 bits per heavy atom. The molecule has 1 saturated heterocycles. The van der Waals surface area contributed by atoms with E-state index in [-0.39, 0.29) is 11.7 Å². The minimum absolute atomic E-state index is 0.174. The Labute approximate surface area is 140 Å². The molecular formula is C18H22NO5+.